The van der Waals surface area contributed by atoms with Gasteiger partial charge in [0.25, 0.3) is 0 Å². The summed E-state index contributed by atoms with van der Waals surface area (Å²) in [5, 5.41) is 3.53. The maximum atomic E-state index is 5.64. The zero-order chi connectivity index (χ0) is 18.1. The van der Waals surface area contributed by atoms with Crippen molar-refractivity contribution >= 4 is 0 Å². The van der Waals surface area contributed by atoms with Gasteiger partial charge in [0.1, 0.15) is 5.76 Å². The highest BCUT2D eigenvalue weighted by atomic mass is 16.5. The largest absolute Gasteiger partial charge is 0.493 e. The lowest BCUT2D eigenvalue weighted by molar-refractivity contribution is 0.354. The predicted octanol–water partition coefficient (Wildman–Crippen LogP) is 5.00. The highest BCUT2D eigenvalue weighted by molar-refractivity contribution is 5.42. The molecule has 0 fully saturated rings. The fourth-order valence-corrected chi connectivity index (χ4v) is 2.99. The molecule has 1 N–H and O–H groups in total. The Bertz CT molecular complexity index is 608. The molecule has 0 radical (unpaired) electrons. The molecule has 0 unspecified atom stereocenters. The van der Waals surface area contributed by atoms with Crippen LogP contribution in [0.15, 0.2) is 41.0 Å². The average Bonchev–Trinajstić information content (AvgIpc) is 3.15. The van der Waals surface area contributed by atoms with Crippen LogP contribution in [0, 0.1) is 5.92 Å². The number of nitrogens with one attached hydrogen (secondary N) is 1. The first kappa shape index (κ1) is 19.4. The Hall–Kier alpha value is -1.94. The molecule has 138 valence electrons. The topological polar surface area (TPSA) is 43.6 Å². The average molecular weight is 345 g/mol. The molecule has 25 heavy (non-hydrogen) atoms. The quantitative estimate of drug-likeness (QED) is 0.582. The monoisotopic (exact) mass is 345 g/mol. The lowest BCUT2D eigenvalue weighted by Gasteiger charge is -2.16. The Labute approximate surface area is 151 Å². The van der Waals surface area contributed by atoms with Gasteiger partial charge in [-0.25, -0.2) is 0 Å². The normalized spacial score (nSPS) is 12.4. The van der Waals surface area contributed by atoms with E-state index in [1.807, 2.05) is 18.2 Å². The third kappa shape index (κ3) is 6.13. The highest BCUT2D eigenvalue weighted by Gasteiger charge is 2.14. The molecule has 4 heteroatoms. The van der Waals surface area contributed by atoms with Gasteiger partial charge < -0.3 is 19.2 Å². The highest BCUT2D eigenvalue weighted by Crippen LogP contribution is 2.28. The van der Waals surface area contributed by atoms with E-state index < -0.39 is 0 Å². The summed E-state index contributed by atoms with van der Waals surface area (Å²) in [7, 11) is 3.32. The van der Waals surface area contributed by atoms with E-state index in [9.17, 15) is 0 Å². The molecule has 0 spiro atoms. The third-order valence-corrected chi connectivity index (χ3v) is 4.48. The summed E-state index contributed by atoms with van der Waals surface area (Å²) in [4.78, 5) is 0. The molecule has 0 aliphatic rings. The van der Waals surface area contributed by atoms with Crippen molar-refractivity contribution in [3.05, 3.63) is 47.9 Å². The molecule has 0 saturated carbocycles. The van der Waals surface area contributed by atoms with E-state index in [2.05, 4.69) is 31.3 Å². The molecule has 0 aliphatic carbocycles. The van der Waals surface area contributed by atoms with Gasteiger partial charge in [0, 0.05) is 12.5 Å². The van der Waals surface area contributed by atoms with E-state index in [0.717, 1.165) is 42.7 Å². The minimum atomic E-state index is 0.482. The number of hydrogen-bond acceptors (Lipinski definition) is 4. The standard InChI is InChI=1S/C21H31NO3/c1-16(2)7-9-18(19-6-5-13-25-19)11-12-22-15-17-8-10-20(23-3)21(14-17)24-4/h5-6,8,10,13-14,16,18,22H,7,9,11-12,15H2,1-4H3/t18-/m0/s1. The smallest absolute Gasteiger partial charge is 0.161 e. The Morgan fingerprint density at radius 2 is 1.80 bits per heavy atom. The zero-order valence-corrected chi connectivity index (χ0v) is 15.9. The molecule has 0 saturated heterocycles. The Morgan fingerprint density at radius 3 is 2.44 bits per heavy atom. The first-order chi connectivity index (χ1) is 12.1. The Kier molecular flexibility index (Phi) is 7.86. The summed E-state index contributed by atoms with van der Waals surface area (Å²) < 4.78 is 16.3. The van der Waals surface area contributed by atoms with Crippen LogP contribution in [0.3, 0.4) is 0 Å². The van der Waals surface area contributed by atoms with Crippen molar-refractivity contribution < 1.29 is 13.9 Å². The van der Waals surface area contributed by atoms with Crippen LogP contribution in [-0.2, 0) is 6.54 Å². The van der Waals surface area contributed by atoms with Gasteiger partial charge in [-0.3, -0.25) is 0 Å². The number of hydrogen-bond donors (Lipinski definition) is 1. The van der Waals surface area contributed by atoms with Gasteiger partial charge in [0.05, 0.1) is 20.5 Å². The van der Waals surface area contributed by atoms with Crippen LogP contribution >= 0.6 is 0 Å². The fraction of sp³-hybridized carbons (Fsp3) is 0.524. The molecule has 0 amide bonds. The van der Waals surface area contributed by atoms with E-state index >= 15 is 0 Å². The maximum Gasteiger partial charge on any atom is 0.161 e. The fourth-order valence-electron chi connectivity index (χ4n) is 2.99. The van der Waals surface area contributed by atoms with Crippen molar-refractivity contribution in [3.63, 3.8) is 0 Å². The molecule has 0 aliphatic heterocycles. The summed E-state index contributed by atoms with van der Waals surface area (Å²) in [6, 6.07) is 10.1. The van der Waals surface area contributed by atoms with Gasteiger partial charge >= 0.3 is 0 Å². The molecule has 4 nitrogen and oxygen atoms in total. The number of methoxy groups -OCH3 is 2. The molecule has 1 aromatic carbocycles. The first-order valence-electron chi connectivity index (χ1n) is 9.09. The van der Waals surface area contributed by atoms with Crippen molar-refractivity contribution in [1.29, 1.82) is 0 Å². The number of benzene rings is 1. The Balaban J connectivity index is 1.83. The van der Waals surface area contributed by atoms with Crippen LogP contribution in [0.1, 0.15) is 50.4 Å². The van der Waals surface area contributed by atoms with Crippen LogP contribution in [0.4, 0.5) is 0 Å². The molecular formula is C21H31NO3. The van der Waals surface area contributed by atoms with Crippen LogP contribution in [0.25, 0.3) is 0 Å². The Morgan fingerprint density at radius 1 is 1.00 bits per heavy atom. The zero-order valence-electron chi connectivity index (χ0n) is 15.9. The third-order valence-electron chi connectivity index (χ3n) is 4.48. The molecular weight excluding hydrogens is 314 g/mol. The van der Waals surface area contributed by atoms with Crippen LogP contribution in [0.2, 0.25) is 0 Å². The second kappa shape index (κ2) is 10.1. The van der Waals surface area contributed by atoms with Gasteiger partial charge in [-0.1, -0.05) is 26.3 Å². The second-order valence-electron chi connectivity index (χ2n) is 6.84. The van der Waals surface area contributed by atoms with E-state index in [4.69, 9.17) is 13.9 Å². The summed E-state index contributed by atoms with van der Waals surface area (Å²) >= 11 is 0. The van der Waals surface area contributed by atoms with Gasteiger partial charge in [0.15, 0.2) is 11.5 Å². The molecule has 0 bridgehead atoms. The van der Waals surface area contributed by atoms with E-state index in [1.54, 1.807) is 20.5 Å². The summed E-state index contributed by atoms with van der Waals surface area (Å²) in [5.41, 5.74) is 1.19. The van der Waals surface area contributed by atoms with Crippen LogP contribution in [-0.4, -0.2) is 20.8 Å². The summed E-state index contributed by atoms with van der Waals surface area (Å²) in [6.45, 7) is 6.32. The molecule has 2 aromatic rings. The van der Waals surface area contributed by atoms with Crippen molar-refractivity contribution in [2.75, 3.05) is 20.8 Å². The summed E-state index contributed by atoms with van der Waals surface area (Å²) in [6.07, 6.45) is 5.24. The van der Waals surface area contributed by atoms with Gasteiger partial charge in [-0.05, 0) is 55.1 Å². The van der Waals surface area contributed by atoms with E-state index in [0.29, 0.717) is 5.92 Å². The second-order valence-corrected chi connectivity index (χ2v) is 6.84. The SMILES string of the molecule is COc1ccc(CNCC[C@H](CCC(C)C)c2ccco2)cc1OC. The van der Waals surface area contributed by atoms with Crippen molar-refractivity contribution in [2.45, 2.75) is 45.6 Å². The van der Waals surface area contributed by atoms with Crippen molar-refractivity contribution in [1.82, 2.24) is 5.32 Å². The minimum Gasteiger partial charge on any atom is -0.493 e. The van der Waals surface area contributed by atoms with Crippen LogP contribution < -0.4 is 14.8 Å². The van der Waals surface area contributed by atoms with Gasteiger partial charge in [0.2, 0.25) is 0 Å². The lowest BCUT2D eigenvalue weighted by Crippen LogP contribution is -2.17. The van der Waals surface area contributed by atoms with Gasteiger partial charge in [-0.2, -0.15) is 0 Å². The van der Waals surface area contributed by atoms with Gasteiger partial charge in [-0.15, -0.1) is 0 Å². The predicted molar refractivity (Wildman–Crippen MR) is 101 cm³/mol. The molecule has 1 atom stereocenters. The van der Waals surface area contributed by atoms with Crippen molar-refractivity contribution in [2.24, 2.45) is 5.92 Å². The van der Waals surface area contributed by atoms with Crippen LogP contribution in [0.5, 0.6) is 11.5 Å². The minimum absolute atomic E-state index is 0.482. The number of ether oxygens (including phenoxy) is 2. The number of furan rings is 1. The molecule has 2 rings (SSSR count). The van der Waals surface area contributed by atoms with E-state index in [1.165, 1.54) is 18.4 Å². The molecule has 1 aromatic heterocycles. The first-order valence-corrected chi connectivity index (χ1v) is 9.09. The lowest BCUT2D eigenvalue weighted by atomic mass is 9.93. The van der Waals surface area contributed by atoms with E-state index in [-0.39, 0.29) is 0 Å². The summed E-state index contributed by atoms with van der Waals surface area (Å²) in [5.74, 6) is 3.84. The number of rotatable bonds is 11. The van der Waals surface area contributed by atoms with Crippen molar-refractivity contribution in [3.8, 4) is 11.5 Å². The molecule has 1 heterocycles. The maximum absolute atomic E-state index is 5.64.